The van der Waals surface area contributed by atoms with Gasteiger partial charge in [-0.1, -0.05) is 129 Å². The van der Waals surface area contributed by atoms with E-state index >= 15 is 0 Å². The summed E-state index contributed by atoms with van der Waals surface area (Å²) in [5.74, 6) is 0.781. The number of carbonyl (C=O) groups is 1. The van der Waals surface area contributed by atoms with Crippen LogP contribution in [0.5, 0.6) is 0 Å². The Morgan fingerprint density at radius 3 is 1.45 bits per heavy atom. The molecule has 0 radical (unpaired) electrons. The van der Waals surface area contributed by atoms with Crippen molar-refractivity contribution in [1.29, 1.82) is 0 Å². The van der Waals surface area contributed by atoms with Gasteiger partial charge in [0.2, 0.25) is 0 Å². The highest BCUT2D eigenvalue weighted by molar-refractivity contribution is 5.48. The maximum Gasteiger partial charge on any atom is 0.119 e. The van der Waals surface area contributed by atoms with E-state index in [1.807, 2.05) is 0 Å². The Hall–Kier alpha value is -0.370. The van der Waals surface area contributed by atoms with Crippen molar-refractivity contribution < 1.29 is 9.53 Å². The Morgan fingerprint density at radius 1 is 0.548 bits per heavy atom. The number of aldehydes is 1. The van der Waals surface area contributed by atoms with Crippen LogP contribution < -0.4 is 0 Å². The summed E-state index contributed by atoms with van der Waals surface area (Å²) in [5, 5.41) is 0. The molecule has 0 aliphatic carbocycles. The van der Waals surface area contributed by atoms with E-state index in [0.717, 1.165) is 38.3 Å². The summed E-state index contributed by atoms with van der Waals surface area (Å²) in [5.41, 5.74) is 0. The zero-order valence-electron chi connectivity index (χ0n) is 21.6. The van der Waals surface area contributed by atoms with Crippen LogP contribution in [0.3, 0.4) is 0 Å². The Labute approximate surface area is 196 Å². The van der Waals surface area contributed by atoms with Crippen LogP contribution in [-0.2, 0) is 9.53 Å². The SMILES string of the molecule is CCCCCCCCCCCCC(CCCCCCCCCC=O)COCCCCC. The van der Waals surface area contributed by atoms with E-state index in [9.17, 15) is 4.79 Å². The van der Waals surface area contributed by atoms with Gasteiger partial charge < -0.3 is 9.53 Å². The lowest BCUT2D eigenvalue weighted by Crippen LogP contribution is -2.11. The number of unbranched alkanes of at least 4 members (excludes halogenated alkanes) is 18. The molecule has 0 fully saturated rings. The van der Waals surface area contributed by atoms with E-state index in [1.165, 1.54) is 135 Å². The molecule has 0 aliphatic heterocycles. The molecule has 0 saturated carbocycles. The molecular formula is C29H58O2. The van der Waals surface area contributed by atoms with Gasteiger partial charge in [0.1, 0.15) is 6.29 Å². The molecule has 1 atom stereocenters. The molecule has 1 unspecified atom stereocenters. The van der Waals surface area contributed by atoms with Crippen LogP contribution >= 0.6 is 0 Å². The molecule has 186 valence electrons. The van der Waals surface area contributed by atoms with Crippen LogP contribution in [0.4, 0.5) is 0 Å². The van der Waals surface area contributed by atoms with Crippen molar-refractivity contribution in [2.45, 2.75) is 162 Å². The Kier molecular flexibility index (Phi) is 27.3. The summed E-state index contributed by atoms with van der Waals surface area (Å²) < 4.78 is 6.04. The van der Waals surface area contributed by atoms with Gasteiger partial charge in [0.05, 0.1) is 0 Å². The molecule has 0 amide bonds. The van der Waals surface area contributed by atoms with Crippen molar-refractivity contribution in [2.75, 3.05) is 13.2 Å². The average Bonchev–Trinajstić information content (AvgIpc) is 2.78. The van der Waals surface area contributed by atoms with Crippen LogP contribution in [0, 0.1) is 5.92 Å². The van der Waals surface area contributed by atoms with Gasteiger partial charge in [-0.15, -0.1) is 0 Å². The van der Waals surface area contributed by atoms with E-state index in [1.54, 1.807) is 0 Å². The second-order valence-electron chi connectivity index (χ2n) is 9.84. The largest absolute Gasteiger partial charge is 0.381 e. The predicted octanol–water partition coefficient (Wildman–Crippen LogP) is 9.83. The molecule has 0 rings (SSSR count). The fraction of sp³-hybridized carbons (Fsp3) is 0.966. The van der Waals surface area contributed by atoms with E-state index in [4.69, 9.17) is 4.74 Å². The number of rotatable bonds is 27. The summed E-state index contributed by atoms with van der Waals surface area (Å²) in [6, 6.07) is 0. The van der Waals surface area contributed by atoms with Gasteiger partial charge in [-0.2, -0.15) is 0 Å². The summed E-state index contributed by atoms with van der Waals surface area (Å²) in [6.07, 6.45) is 31.7. The van der Waals surface area contributed by atoms with E-state index in [-0.39, 0.29) is 0 Å². The highest BCUT2D eigenvalue weighted by atomic mass is 16.5. The molecule has 0 saturated heterocycles. The van der Waals surface area contributed by atoms with Gasteiger partial charge in [-0.25, -0.2) is 0 Å². The standard InChI is InChI=1S/C29H58O2/c1-3-5-7-8-9-10-11-14-17-20-24-29(28-31-27-23-6-4-2)25-21-18-15-12-13-16-19-22-26-30/h26,29H,3-25,27-28H2,1-2H3. The van der Waals surface area contributed by atoms with Crippen molar-refractivity contribution in [3.05, 3.63) is 0 Å². The summed E-state index contributed by atoms with van der Waals surface area (Å²) >= 11 is 0. The molecule has 2 nitrogen and oxygen atoms in total. The number of ether oxygens (including phenoxy) is 1. The van der Waals surface area contributed by atoms with Crippen molar-refractivity contribution in [3.8, 4) is 0 Å². The Morgan fingerprint density at radius 2 is 0.968 bits per heavy atom. The third-order valence-electron chi connectivity index (χ3n) is 6.65. The number of hydrogen-bond acceptors (Lipinski definition) is 2. The smallest absolute Gasteiger partial charge is 0.119 e. The lowest BCUT2D eigenvalue weighted by atomic mass is 9.94. The first-order valence-corrected chi connectivity index (χ1v) is 14.4. The summed E-state index contributed by atoms with van der Waals surface area (Å²) in [4.78, 5) is 10.3. The maximum absolute atomic E-state index is 10.3. The minimum atomic E-state index is 0.749. The molecule has 0 aliphatic rings. The second-order valence-corrected chi connectivity index (χ2v) is 9.84. The van der Waals surface area contributed by atoms with Gasteiger partial charge in [0.15, 0.2) is 0 Å². The molecule has 0 aromatic rings. The highest BCUT2D eigenvalue weighted by Gasteiger charge is 2.09. The molecule has 0 aromatic carbocycles. The lowest BCUT2D eigenvalue weighted by molar-refractivity contribution is -0.107. The van der Waals surface area contributed by atoms with Crippen molar-refractivity contribution in [2.24, 2.45) is 5.92 Å². The molecule has 0 bridgehead atoms. The van der Waals surface area contributed by atoms with Gasteiger partial charge in [-0.3, -0.25) is 0 Å². The van der Waals surface area contributed by atoms with Crippen LogP contribution in [0.15, 0.2) is 0 Å². The fourth-order valence-corrected chi connectivity index (χ4v) is 4.48. The van der Waals surface area contributed by atoms with Crippen molar-refractivity contribution in [3.63, 3.8) is 0 Å². The van der Waals surface area contributed by atoms with E-state index in [2.05, 4.69) is 13.8 Å². The average molecular weight is 439 g/mol. The minimum Gasteiger partial charge on any atom is -0.381 e. The monoisotopic (exact) mass is 438 g/mol. The molecule has 0 N–H and O–H groups in total. The van der Waals surface area contributed by atoms with Crippen LogP contribution in [-0.4, -0.2) is 19.5 Å². The van der Waals surface area contributed by atoms with E-state index in [0.29, 0.717) is 0 Å². The number of carbonyl (C=O) groups excluding carboxylic acids is 1. The normalized spacial score (nSPS) is 12.3. The first-order chi connectivity index (χ1) is 15.3. The first kappa shape index (κ1) is 30.6. The molecule has 2 heteroatoms. The topological polar surface area (TPSA) is 26.3 Å². The van der Waals surface area contributed by atoms with Gasteiger partial charge in [0.25, 0.3) is 0 Å². The molecular weight excluding hydrogens is 380 g/mol. The third kappa shape index (κ3) is 25.8. The molecule has 31 heavy (non-hydrogen) atoms. The number of hydrogen-bond donors (Lipinski definition) is 0. The second kappa shape index (κ2) is 27.7. The third-order valence-corrected chi connectivity index (χ3v) is 6.65. The van der Waals surface area contributed by atoms with Crippen LogP contribution in [0.25, 0.3) is 0 Å². The van der Waals surface area contributed by atoms with Crippen molar-refractivity contribution >= 4 is 6.29 Å². The van der Waals surface area contributed by atoms with Crippen LogP contribution in [0.1, 0.15) is 162 Å². The summed E-state index contributed by atoms with van der Waals surface area (Å²) in [7, 11) is 0. The minimum absolute atomic E-state index is 0.749. The highest BCUT2D eigenvalue weighted by Crippen LogP contribution is 2.20. The molecule has 0 heterocycles. The molecule has 0 aromatic heterocycles. The Balaban J connectivity index is 3.75. The lowest BCUT2D eigenvalue weighted by Gasteiger charge is -2.17. The zero-order chi connectivity index (χ0) is 22.7. The van der Waals surface area contributed by atoms with E-state index < -0.39 is 0 Å². The Bertz CT molecular complexity index is 329. The summed E-state index contributed by atoms with van der Waals surface area (Å²) in [6.45, 7) is 6.51. The predicted molar refractivity (Wildman–Crippen MR) is 138 cm³/mol. The zero-order valence-corrected chi connectivity index (χ0v) is 21.6. The van der Waals surface area contributed by atoms with Crippen molar-refractivity contribution in [1.82, 2.24) is 0 Å². The van der Waals surface area contributed by atoms with Crippen LogP contribution in [0.2, 0.25) is 0 Å². The van der Waals surface area contributed by atoms with Gasteiger partial charge in [0, 0.05) is 19.6 Å². The maximum atomic E-state index is 10.3. The first-order valence-electron chi connectivity index (χ1n) is 14.4. The van der Waals surface area contributed by atoms with Gasteiger partial charge >= 0.3 is 0 Å². The fourth-order valence-electron chi connectivity index (χ4n) is 4.48. The van der Waals surface area contributed by atoms with Gasteiger partial charge in [-0.05, 0) is 31.6 Å². The quantitative estimate of drug-likeness (QED) is 0.0941. The molecule has 0 spiro atoms.